The molecule has 0 aromatic heterocycles. The second-order valence-corrected chi connectivity index (χ2v) is 5.11. The topological polar surface area (TPSA) is 80.4 Å². The maximum absolute atomic E-state index is 11.2. The molecule has 0 spiro atoms. The lowest BCUT2D eigenvalue weighted by molar-refractivity contribution is 0.319. The maximum Gasteiger partial charge on any atom is 0.168 e. The maximum atomic E-state index is 11.2. The summed E-state index contributed by atoms with van der Waals surface area (Å²) in [4.78, 5) is 0. The van der Waals surface area contributed by atoms with Crippen LogP contribution >= 0.6 is 0 Å². The Morgan fingerprint density at radius 3 is 2.50 bits per heavy atom. The Labute approximate surface area is 73.7 Å². The monoisotopic (exact) mass is 195 g/mol. The molecule has 0 aliphatic heterocycles. The van der Waals surface area contributed by atoms with Crippen molar-refractivity contribution in [1.82, 2.24) is 0 Å². The first-order valence-corrected chi connectivity index (χ1v) is 5.84. The van der Waals surface area contributed by atoms with Crippen LogP contribution in [0, 0.1) is 0 Å². The van der Waals surface area contributed by atoms with E-state index in [1.54, 1.807) is 0 Å². The highest BCUT2D eigenvalue weighted by Gasteiger charge is 2.19. The Hall–Kier alpha value is -0.130. The van der Waals surface area contributed by atoms with Gasteiger partial charge in [0.1, 0.15) is 5.37 Å². The molecule has 0 heterocycles. The first kappa shape index (κ1) is 11.9. The predicted molar refractivity (Wildman–Crippen MR) is 48.4 cm³/mol. The van der Waals surface area contributed by atoms with E-state index in [1.165, 1.54) is 0 Å². The van der Waals surface area contributed by atoms with Crippen molar-refractivity contribution in [2.24, 2.45) is 5.73 Å². The smallest absolute Gasteiger partial charge is 0.168 e. The van der Waals surface area contributed by atoms with E-state index in [4.69, 9.17) is 10.8 Å². The standard InChI is InChI=1S/C7H17NO3S/c1-2-3-4-7(8)12(10,11)6-5-9/h7,9H,2-6,8H2,1H3. The van der Waals surface area contributed by atoms with Crippen LogP contribution in [0.5, 0.6) is 0 Å². The number of sulfone groups is 1. The number of aliphatic hydroxyl groups is 1. The predicted octanol–water partition coefficient (Wildman–Crippen LogP) is -0.131. The third-order valence-corrected chi connectivity index (χ3v) is 3.59. The van der Waals surface area contributed by atoms with E-state index in [0.717, 1.165) is 12.8 Å². The number of hydrogen-bond acceptors (Lipinski definition) is 4. The molecule has 0 amide bonds. The minimum atomic E-state index is -3.25. The van der Waals surface area contributed by atoms with Crippen molar-refractivity contribution < 1.29 is 13.5 Å². The van der Waals surface area contributed by atoms with Gasteiger partial charge >= 0.3 is 0 Å². The molecule has 0 radical (unpaired) electrons. The second kappa shape index (κ2) is 5.50. The van der Waals surface area contributed by atoms with Gasteiger partial charge < -0.3 is 10.8 Å². The van der Waals surface area contributed by atoms with E-state index in [1.807, 2.05) is 6.92 Å². The lowest BCUT2D eigenvalue weighted by atomic mass is 10.2. The summed E-state index contributed by atoms with van der Waals surface area (Å²) < 4.78 is 22.3. The van der Waals surface area contributed by atoms with E-state index in [-0.39, 0.29) is 12.4 Å². The summed E-state index contributed by atoms with van der Waals surface area (Å²) in [6.07, 6.45) is 2.23. The van der Waals surface area contributed by atoms with Crippen LogP contribution in [0.25, 0.3) is 0 Å². The molecule has 0 bridgehead atoms. The van der Waals surface area contributed by atoms with Crippen LogP contribution in [-0.4, -0.2) is 31.3 Å². The number of aliphatic hydroxyl groups excluding tert-OH is 1. The zero-order chi connectivity index (χ0) is 9.61. The number of hydrogen-bond donors (Lipinski definition) is 2. The molecule has 0 aromatic rings. The lowest BCUT2D eigenvalue weighted by Crippen LogP contribution is -2.33. The highest BCUT2D eigenvalue weighted by Crippen LogP contribution is 2.05. The van der Waals surface area contributed by atoms with E-state index in [0.29, 0.717) is 6.42 Å². The van der Waals surface area contributed by atoms with Gasteiger partial charge in [0.25, 0.3) is 0 Å². The molecule has 0 aliphatic carbocycles. The van der Waals surface area contributed by atoms with Crippen LogP contribution in [0.3, 0.4) is 0 Å². The molecule has 5 heteroatoms. The van der Waals surface area contributed by atoms with Gasteiger partial charge in [0.2, 0.25) is 0 Å². The number of nitrogens with two attached hydrogens (primary N) is 1. The molecule has 1 unspecified atom stereocenters. The molecule has 3 N–H and O–H groups in total. The van der Waals surface area contributed by atoms with Crippen molar-refractivity contribution in [2.45, 2.75) is 31.6 Å². The van der Waals surface area contributed by atoms with Gasteiger partial charge in [0.15, 0.2) is 9.84 Å². The zero-order valence-corrected chi connectivity index (χ0v) is 8.18. The molecular formula is C7H17NO3S. The lowest BCUT2D eigenvalue weighted by Gasteiger charge is -2.10. The molecule has 74 valence electrons. The van der Waals surface area contributed by atoms with Crippen LogP contribution < -0.4 is 5.73 Å². The number of unbranched alkanes of at least 4 members (excludes halogenated alkanes) is 1. The average Bonchev–Trinajstić information content (AvgIpc) is 2.00. The molecule has 0 aromatic carbocycles. The number of rotatable bonds is 6. The fraction of sp³-hybridized carbons (Fsp3) is 1.00. The largest absolute Gasteiger partial charge is 0.395 e. The molecule has 12 heavy (non-hydrogen) atoms. The Kier molecular flexibility index (Phi) is 5.44. The van der Waals surface area contributed by atoms with E-state index >= 15 is 0 Å². The summed E-state index contributed by atoms with van der Waals surface area (Å²) >= 11 is 0. The highest BCUT2D eigenvalue weighted by molar-refractivity contribution is 7.91. The van der Waals surface area contributed by atoms with Crippen molar-refractivity contribution >= 4 is 9.84 Å². The van der Waals surface area contributed by atoms with Gasteiger partial charge in [-0.2, -0.15) is 0 Å². The normalized spacial score (nSPS) is 14.6. The fourth-order valence-corrected chi connectivity index (χ4v) is 1.95. The van der Waals surface area contributed by atoms with Crippen molar-refractivity contribution in [3.8, 4) is 0 Å². The van der Waals surface area contributed by atoms with E-state index < -0.39 is 15.2 Å². The fourth-order valence-electron chi connectivity index (χ4n) is 0.863. The first-order chi connectivity index (χ1) is 5.54. The van der Waals surface area contributed by atoms with Crippen LogP contribution in [0.2, 0.25) is 0 Å². The highest BCUT2D eigenvalue weighted by atomic mass is 32.2. The van der Waals surface area contributed by atoms with Crippen molar-refractivity contribution in [1.29, 1.82) is 0 Å². The molecule has 4 nitrogen and oxygen atoms in total. The average molecular weight is 195 g/mol. The van der Waals surface area contributed by atoms with Crippen LogP contribution in [-0.2, 0) is 9.84 Å². The molecule has 0 saturated carbocycles. The van der Waals surface area contributed by atoms with E-state index in [9.17, 15) is 8.42 Å². The molecule has 0 aliphatic rings. The summed E-state index contributed by atoms with van der Waals surface area (Å²) in [6, 6.07) is 0. The summed E-state index contributed by atoms with van der Waals surface area (Å²) in [5.74, 6) is -0.224. The summed E-state index contributed by atoms with van der Waals surface area (Å²) in [5.41, 5.74) is 5.42. The Bertz CT molecular complexity index is 201. The zero-order valence-electron chi connectivity index (χ0n) is 7.36. The quantitative estimate of drug-likeness (QED) is 0.618. The van der Waals surface area contributed by atoms with Gasteiger partial charge in [-0.1, -0.05) is 19.8 Å². The van der Waals surface area contributed by atoms with Crippen molar-refractivity contribution in [3.63, 3.8) is 0 Å². The minimum Gasteiger partial charge on any atom is -0.395 e. The molecule has 0 fully saturated rings. The summed E-state index contributed by atoms with van der Waals surface area (Å²) in [6.45, 7) is 1.63. The molecular weight excluding hydrogens is 178 g/mol. The molecule has 1 atom stereocenters. The minimum absolute atomic E-state index is 0.224. The Morgan fingerprint density at radius 1 is 1.50 bits per heavy atom. The van der Waals surface area contributed by atoms with Gasteiger partial charge in [-0.05, 0) is 6.42 Å². The van der Waals surface area contributed by atoms with Crippen LogP contribution in [0.1, 0.15) is 26.2 Å². The first-order valence-electron chi connectivity index (χ1n) is 4.12. The summed E-state index contributed by atoms with van der Waals surface area (Å²) in [7, 11) is -3.25. The van der Waals surface area contributed by atoms with E-state index in [2.05, 4.69) is 0 Å². The van der Waals surface area contributed by atoms with Crippen LogP contribution in [0.15, 0.2) is 0 Å². The molecule has 0 rings (SSSR count). The third kappa shape index (κ3) is 4.04. The van der Waals surface area contributed by atoms with Crippen LogP contribution in [0.4, 0.5) is 0 Å². The van der Waals surface area contributed by atoms with Gasteiger partial charge in [-0.25, -0.2) is 8.42 Å². The second-order valence-electron chi connectivity index (χ2n) is 2.77. The Morgan fingerprint density at radius 2 is 2.08 bits per heavy atom. The molecule has 0 saturated heterocycles. The van der Waals surface area contributed by atoms with Gasteiger partial charge in [-0.15, -0.1) is 0 Å². The van der Waals surface area contributed by atoms with Crippen molar-refractivity contribution in [2.75, 3.05) is 12.4 Å². The van der Waals surface area contributed by atoms with Gasteiger partial charge in [-0.3, -0.25) is 0 Å². The van der Waals surface area contributed by atoms with Crippen molar-refractivity contribution in [3.05, 3.63) is 0 Å². The third-order valence-electron chi connectivity index (χ3n) is 1.68. The summed E-state index contributed by atoms with van der Waals surface area (Å²) in [5, 5.41) is 7.64. The van der Waals surface area contributed by atoms with Gasteiger partial charge in [0, 0.05) is 0 Å². The van der Waals surface area contributed by atoms with Gasteiger partial charge in [0.05, 0.1) is 12.4 Å². The Balaban J connectivity index is 3.98. The SMILES string of the molecule is CCCCC(N)S(=O)(=O)CCO.